The van der Waals surface area contributed by atoms with Gasteiger partial charge in [-0.2, -0.15) is 23.5 Å². The zero-order valence-corrected chi connectivity index (χ0v) is 25.2. The molecule has 1 N–H and O–H groups in total. The molecular formula is C32H34F3N9O2. The number of H-pyrrole nitrogens is 1. The maximum absolute atomic E-state index is 13.7. The molecule has 8 rings (SSSR count). The molecule has 7 heterocycles. The van der Waals surface area contributed by atoms with Crippen LogP contribution >= 0.6 is 0 Å². The highest BCUT2D eigenvalue weighted by Gasteiger charge is 2.50. The maximum atomic E-state index is 13.7. The van der Waals surface area contributed by atoms with Crippen molar-refractivity contribution in [2.75, 3.05) is 39.4 Å². The van der Waals surface area contributed by atoms with E-state index in [-0.39, 0.29) is 23.4 Å². The lowest BCUT2D eigenvalue weighted by Crippen LogP contribution is -2.65. The Morgan fingerprint density at radius 3 is 2.65 bits per heavy atom. The Morgan fingerprint density at radius 1 is 1.13 bits per heavy atom. The van der Waals surface area contributed by atoms with Crippen LogP contribution in [-0.2, 0) is 23.0 Å². The van der Waals surface area contributed by atoms with Gasteiger partial charge >= 0.3 is 6.18 Å². The van der Waals surface area contributed by atoms with Gasteiger partial charge in [0.2, 0.25) is 5.88 Å². The minimum Gasteiger partial charge on any atom is -0.474 e. The van der Waals surface area contributed by atoms with Gasteiger partial charge in [-0.25, -0.2) is 15.0 Å². The van der Waals surface area contributed by atoms with Crippen molar-refractivity contribution in [3.63, 3.8) is 0 Å². The molecule has 46 heavy (non-hydrogen) atoms. The number of fused-ring (bicyclic) bond motifs is 1. The summed E-state index contributed by atoms with van der Waals surface area (Å²) in [6.45, 7) is 5.09. The second-order valence-electron chi connectivity index (χ2n) is 13.4. The predicted octanol–water partition coefficient (Wildman–Crippen LogP) is 4.38. The normalized spacial score (nSPS) is 25.1. The highest BCUT2D eigenvalue weighted by Crippen LogP contribution is 2.46. The fourth-order valence-electron chi connectivity index (χ4n) is 7.67. The van der Waals surface area contributed by atoms with Crippen LogP contribution in [0.25, 0.3) is 22.3 Å². The largest absolute Gasteiger partial charge is 0.474 e. The summed E-state index contributed by atoms with van der Waals surface area (Å²) >= 11 is 0. The number of likely N-dealkylation sites (tertiary alicyclic amines) is 2. The van der Waals surface area contributed by atoms with Gasteiger partial charge in [0.1, 0.15) is 23.8 Å². The third-order valence-corrected chi connectivity index (χ3v) is 10.1. The quantitative estimate of drug-likeness (QED) is 0.301. The van der Waals surface area contributed by atoms with E-state index < -0.39 is 17.4 Å². The maximum Gasteiger partial charge on any atom is 0.433 e. The second kappa shape index (κ2) is 11.0. The SMILES string of the molecule is N#CC[C@]1(n2cc(-c3ncnc4[nH]ccc34)cn2)C[C@@H](N2CCC(Oc3cc(CN4CC5(COC5)C4)cc(C(F)(F)F)n3)CC2)C1. The van der Waals surface area contributed by atoms with Gasteiger partial charge in [-0.05, 0) is 43.4 Å². The summed E-state index contributed by atoms with van der Waals surface area (Å²) in [5.41, 5.74) is 1.87. The van der Waals surface area contributed by atoms with Crippen LogP contribution in [0.5, 0.6) is 5.88 Å². The molecule has 3 aliphatic heterocycles. The van der Waals surface area contributed by atoms with Crippen molar-refractivity contribution in [3.05, 3.63) is 54.4 Å². The summed E-state index contributed by atoms with van der Waals surface area (Å²) in [4.78, 5) is 20.2. The van der Waals surface area contributed by atoms with Crippen LogP contribution < -0.4 is 4.74 Å². The fourth-order valence-corrected chi connectivity index (χ4v) is 7.67. The molecule has 11 nitrogen and oxygen atoms in total. The number of nitrogens with zero attached hydrogens (tertiary/aromatic N) is 8. The van der Waals surface area contributed by atoms with Crippen LogP contribution in [0, 0.1) is 16.7 Å². The van der Waals surface area contributed by atoms with Gasteiger partial charge in [-0.3, -0.25) is 14.5 Å². The van der Waals surface area contributed by atoms with E-state index in [1.807, 2.05) is 23.1 Å². The van der Waals surface area contributed by atoms with E-state index in [9.17, 15) is 18.4 Å². The standard InChI is InChI=1S/C32H34F3N9O2/c33-32(34,35)26-9-21(14-42-16-30(17-42)18-45-19-30)10-27(41-26)46-24-2-7-43(8-3-24)23-11-31(12-23,4-5-36)44-15-22(13-40-44)28-25-1-6-37-29(25)39-20-38-28/h1,6,9-10,13,15,20,23-24H,2-4,7-8,11-12,14,16-19H2,(H,37,38,39)/t23-,31+. The van der Waals surface area contributed by atoms with Gasteiger partial charge in [-0.1, -0.05) is 0 Å². The molecule has 1 spiro atoms. The number of piperidine rings is 1. The van der Waals surface area contributed by atoms with Gasteiger partial charge < -0.3 is 14.5 Å². The number of aromatic amines is 1. The molecule has 3 saturated heterocycles. The number of rotatable bonds is 8. The molecule has 1 saturated carbocycles. The number of halogens is 3. The van der Waals surface area contributed by atoms with Crippen molar-refractivity contribution < 1.29 is 22.6 Å². The lowest BCUT2D eigenvalue weighted by atomic mass is 9.69. The first-order valence-corrected chi connectivity index (χ1v) is 15.7. The first kappa shape index (κ1) is 29.3. The fraction of sp³-hybridized carbons (Fsp3) is 0.531. The highest BCUT2D eigenvalue weighted by molar-refractivity contribution is 5.90. The molecule has 0 atom stereocenters. The second-order valence-corrected chi connectivity index (χ2v) is 13.4. The van der Waals surface area contributed by atoms with Crippen molar-refractivity contribution in [2.24, 2.45) is 5.41 Å². The van der Waals surface area contributed by atoms with Crippen molar-refractivity contribution in [1.82, 2.24) is 39.5 Å². The van der Waals surface area contributed by atoms with Crippen molar-refractivity contribution >= 4 is 11.0 Å². The van der Waals surface area contributed by atoms with E-state index in [2.05, 4.69) is 40.9 Å². The minimum absolute atomic E-state index is 0.0391. The van der Waals surface area contributed by atoms with Crippen molar-refractivity contribution in [3.8, 4) is 23.2 Å². The Hall–Kier alpha value is -4.06. The van der Waals surface area contributed by atoms with Crippen LogP contribution in [0.3, 0.4) is 0 Å². The predicted molar refractivity (Wildman–Crippen MR) is 159 cm³/mol. The van der Waals surface area contributed by atoms with Gasteiger partial charge in [-0.15, -0.1) is 0 Å². The summed E-state index contributed by atoms with van der Waals surface area (Å²) in [5, 5.41) is 15.3. The Bertz CT molecular complexity index is 1770. The molecule has 4 aromatic heterocycles. The molecule has 0 amide bonds. The van der Waals surface area contributed by atoms with Crippen LogP contribution in [0.1, 0.15) is 43.4 Å². The Labute approximate surface area is 263 Å². The molecule has 240 valence electrons. The molecule has 0 radical (unpaired) electrons. The third-order valence-electron chi connectivity index (χ3n) is 10.1. The van der Waals surface area contributed by atoms with E-state index >= 15 is 0 Å². The molecule has 4 aliphatic rings. The van der Waals surface area contributed by atoms with Crippen LogP contribution in [-0.4, -0.2) is 91.1 Å². The molecule has 0 bridgehead atoms. The van der Waals surface area contributed by atoms with Gasteiger partial charge in [0, 0.05) is 73.6 Å². The third kappa shape index (κ3) is 5.30. The molecule has 4 fully saturated rings. The Morgan fingerprint density at radius 2 is 1.93 bits per heavy atom. The Kier molecular flexibility index (Phi) is 7.04. The number of pyridine rings is 1. The smallest absolute Gasteiger partial charge is 0.433 e. The van der Waals surface area contributed by atoms with Gasteiger partial charge in [0.15, 0.2) is 0 Å². The highest BCUT2D eigenvalue weighted by atomic mass is 19.4. The van der Waals surface area contributed by atoms with E-state index in [0.717, 1.165) is 80.6 Å². The minimum atomic E-state index is -4.55. The molecule has 0 aromatic carbocycles. The van der Waals surface area contributed by atoms with Crippen LogP contribution in [0.4, 0.5) is 13.2 Å². The van der Waals surface area contributed by atoms with Gasteiger partial charge in [0.25, 0.3) is 0 Å². The number of nitrogens with one attached hydrogen (secondary N) is 1. The van der Waals surface area contributed by atoms with Crippen LogP contribution in [0.15, 0.2) is 43.1 Å². The van der Waals surface area contributed by atoms with Crippen molar-refractivity contribution in [2.45, 2.75) is 62.5 Å². The number of hydrogen-bond donors (Lipinski definition) is 1. The summed E-state index contributed by atoms with van der Waals surface area (Å²) in [7, 11) is 0. The van der Waals surface area contributed by atoms with Crippen LogP contribution in [0.2, 0.25) is 0 Å². The van der Waals surface area contributed by atoms with E-state index in [4.69, 9.17) is 9.47 Å². The first-order chi connectivity index (χ1) is 22.2. The molecule has 4 aromatic rings. The average Bonchev–Trinajstić information content (AvgIpc) is 3.66. The molecule has 1 aliphatic carbocycles. The topological polar surface area (TPSA) is 121 Å². The van der Waals surface area contributed by atoms with E-state index in [1.165, 1.54) is 6.33 Å². The molecule has 0 unspecified atom stereocenters. The lowest BCUT2D eigenvalue weighted by molar-refractivity contribution is -0.191. The number of hydrogen-bond acceptors (Lipinski definition) is 9. The monoisotopic (exact) mass is 633 g/mol. The summed E-state index contributed by atoms with van der Waals surface area (Å²) in [6, 6.07) is 7.39. The first-order valence-electron chi connectivity index (χ1n) is 15.7. The lowest BCUT2D eigenvalue weighted by Gasteiger charge is -2.55. The zero-order valence-electron chi connectivity index (χ0n) is 25.2. The zero-order chi connectivity index (χ0) is 31.5. The summed E-state index contributed by atoms with van der Waals surface area (Å²) in [5.74, 6) is 0.0391. The van der Waals surface area contributed by atoms with Gasteiger partial charge in [0.05, 0.1) is 43.1 Å². The van der Waals surface area contributed by atoms with Crippen molar-refractivity contribution in [1.29, 1.82) is 5.26 Å². The van der Waals surface area contributed by atoms with E-state index in [0.29, 0.717) is 31.4 Å². The molecule has 14 heteroatoms. The summed E-state index contributed by atoms with van der Waals surface area (Å²) in [6.07, 6.45) is 5.67. The summed E-state index contributed by atoms with van der Waals surface area (Å²) < 4.78 is 54.5. The Balaban J connectivity index is 0.893. The average molecular weight is 634 g/mol. The number of nitriles is 1. The number of ether oxygens (including phenoxy) is 2. The number of aromatic nitrogens is 6. The number of alkyl halides is 3. The van der Waals surface area contributed by atoms with E-state index in [1.54, 1.807) is 12.3 Å². The molecular weight excluding hydrogens is 599 g/mol.